The maximum atomic E-state index is 13.5. The van der Waals surface area contributed by atoms with Crippen molar-refractivity contribution in [3.63, 3.8) is 0 Å². The third-order valence-electron chi connectivity index (χ3n) is 9.70. The van der Waals surface area contributed by atoms with Crippen LogP contribution in [-0.2, 0) is 27.6 Å². The maximum absolute atomic E-state index is 13.5. The molecule has 0 aromatic heterocycles. The largest absolute Gasteiger partial charge is 0.480 e. The minimum absolute atomic E-state index is 0.200. The first-order valence-corrected chi connectivity index (χ1v) is 20.1. The number of hydrogen-bond acceptors (Lipinski definition) is 5. The average Bonchev–Trinajstić information content (AvgIpc) is 3.43. The molecule has 3 aromatic carbocycles. The van der Waals surface area contributed by atoms with Crippen molar-refractivity contribution in [3.8, 4) is 11.1 Å². The van der Waals surface area contributed by atoms with Crippen LogP contribution in [0.2, 0.25) is 0 Å². The van der Waals surface area contributed by atoms with Gasteiger partial charge in [-0.15, -0.1) is 0 Å². The second-order valence-electron chi connectivity index (χ2n) is 13.8. The minimum Gasteiger partial charge on any atom is -0.480 e. The van der Waals surface area contributed by atoms with Crippen LogP contribution in [-0.4, -0.2) is 60.4 Å². The Bertz CT molecular complexity index is 1590. The van der Waals surface area contributed by atoms with Gasteiger partial charge in [-0.3, -0.25) is 9.69 Å². The summed E-state index contributed by atoms with van der Waals surface area (Å²) < 4.78 is 23.3. The first-order chi connectivity index (χ1) is 23.4. The molecule has 7 nitrogen and oxygen atoms in total. The summed E-state index contributed by atoms with van der Waals surface area (Å²) in [5.41, 5.74) is 5.44. The molecule has 8 heteroatoms. The van der Waals surface area contributed by atoms with Crippen molar-refractivity contribution in [3.05, 3.63) is 95.1 Å². The Balaban J connectivity index is 0.000000838. The highest BCUT2D eigenvalue weighted by molar-refractivity contribution is 7.90. The van der Waals surface area contributed by atoms with Crippen LogP contribution in [0.4, 0.5) is 0 Å². The van der Waals surface area contributed by atoms with Crippen LogP contribution in [0, 0.1) is 12.8 Å². The van der Waals surface area contributed by atoms with Crippen molar-refractivity contribution >= 4 is 21.7 Å². The SMILES string of the molecule is CCCC1CCC(Cc2ccccc2)N1Cc1ccc(C(=O)NC(CCS(C)(=O)=O)C(=O)O)c(-c2ccccc2C)c1.CCC[C@H](C)CC. The molecule has 1 aliphatic heterocycles. The second kappa shape index (κ2) is 19.6. The van der Waals surface area contributed by atoms with Gasteiger partial charge in [0.1, 0.15) is 15.9 Å². The van der Waals surface area contributed by atoms with Crippen molar-refractivity contribution in [2.24, 2.45) is 5.92 Å². The Hall–Kier alpha value is -3.49. The molecule has 1 fully saturated rings. The summed E-state index contributed by atoms with van der Waals surface area (Å²) in [7, 11) is -3.38. The van der Waals surface area contributed by atoms with Gasteiger partial charge in [0.15, 0.2) is 0 Å². The molecule has 0 saturated carbocycles. The molecule has 0 spiro atoms. The van der Waals surface area contributed by atoms with E-state index in [2.05, 4.69) is 68.2 Å². The average molecular weight is 691 g/mol. The number of amides is 1. The zero-order chi connectivity index (χ0) is 36.0. The molecule has 0 aliphatic carbocycles. The number of carboxylic acid groups (broad SMARTS) is 1. The quantitative estimate of drug-likeness (QED) is 0.156. The predicted molar refractivity (Wildman–Crippen MR) is 202 cm³/mol. The van der Waals surface area contributed by atoms with E-state index in [1.807, 2.05) is 43.3 Å². The van der Waals surface area contributed by atoms with Gasteiger partial charge >= 0.3 is 5.97 Å². The van der Waals surface area contributed by atoms with Crippen molar-refractivity contribution in [2.75, 3.05) is 12.0 Å². The predicted octanol–water partition coefficient (Wildman–Crippen LogP) is 8.49. The van der Waals surface area contributed by atoms with Crippen LogP contribution in [0.15, 0.2) is 72.8 Å². The first-order valence-electron chi connectivity index (χ1n) is 18.1. The normalized spacial score (nSPS) is 17.5. The van der Waals surface area contributed by atoms with Crippen LogP contribution < -0.4 is 5.32 Å². The second-order valence-corrected chi connectivity index (χ2v) is 16.1. The lowest BCUT2D eigenvalue weighted by Crippen LogP contribution is -2.42. The highest BCUT2D eigenvalue weighted by Gasteiger charge is 2.33. The fourth-order valence-electron chi connectivity index (χ4n) is 6.74. The van der Waals surface area contributed by atoms with E-state index in [0.29, 0.717) is 17.6 Å². The van der Waals surface area contributed by atoms with Crippen LogP contribution >= 0.6 is 0 Å². The zero-order valence-corrected chi connectivity index (χ0v) is 31.3. The third kappa shape index (κ3) is 12.7. The maximum Gasteiger partial charge on any atom is 0.326 e. The van der Waals surface area contributed by atoms with Gasteiger partial charge in [0.05, 0.1) is 5.75 Å². The number of nitrogens with one attached hydrogen (secondary N) is 1. The molecule has 1 heterocycles. The number of nitrogens with zero attached hydrogens (tertiary/aromatic N) is 1. The monoisotopic (exact) mass is 690 g/mol. The molecule has 1 amide bonds. The summed E-state index contributed by atoms with van der Waals surface area (Å²) >= 11 is 0. The van der Waals surface area contributed by atoms with E-state index in [4.69, 9.17) is 0 Å². The molecular formula is C41H58N2O5S. The van der Waals surface area contributed by atoms with Crippen molar-refractivity contribution in [2.45, 2.75) is 117 Å². The summed E-state index contributed by atoms with van der Waals surface area (Å²) in [6, 6.07) is 23.9. The molecule has 3 aromatic rings. The number of hydrogen-bond donors (Lipinski definition) is 2. The summed E-state index contributed by atoms with van der Waals surface area (Å²) in [6.07, 6.45) is 10.5. The number of aliphatic carboxylic acids is 1. The number of sulfone groups is 1. The van der Waals surface area contributed by atoms with Gasteiger partial charge in [0.25, 0.3) is 5.91 Å². The van der Waals surface area contributed by atoms with Crippen LogP contribution in [0.25, 0.3) is 11.1 Å². The summed E-state index contributed by atoms with van der Waals surface area (Å²) in [5.74, 6) is -1.17. The van der Waals surface area contributed by atoms with Gasteiger partial charge in [-0.25, -0.2) is 13.2 Å². The standard InChI is InChI=1S/C34H42N2O5S.C7H16/c1-4-10-27-16-17-28(21-25-12-6-5-7-13-25)36(27)23-26-15-18-30(31(22-26)29-14-9-8-11-24(29)2)33(37)35-32(34(38)39)19-20-42(3,40)41;1-4-6-7(3)5-2/h5-9,11-15,18,22,27-28,32H,4,10,16-17,19-21,23H2,1-3H3,(H,35,37)(H,38,39);7H,4-6H2,1-3H3/t;7-/m.1/s1. The molecule has 4 atom stereocenters. The van der Waals surface area contributed by atoms with Gasteiger partial charge in [0, 0.05) is 30.4 Å². The smallest absolute Gasteiger partial charge is 0.326 e. The fourth-order valence-corrected chi connectivity index (χ4v) is 7.40. The molecule has 1 aliphatic rings. The Labute approximate surface area is 295 Å². The van der Waals surface area contributed by atoms with Gasteiger partial charge in [-0.05, 0) is 84.9 Å². The lowest BCUT2D eigenvalue weighted by atomic mass is 9.93. The van der Waals surface area contributed by atoms with E-state index >= 15 is 0 Å². The lowest BCUT2D eigenvalue weighted by Gasteiger charge is -2.31. The van der Waals surface area contributed by atoms with Gasteiger partial charge in [-0.1, -0.05) is 114 Å². The molecule has 1 saturated heterocycles. The lowest BCUT2D eigenvalue weighted by molar-refractivity contribution is -0.139. The first kappa shape index (κ1) is 39.9. The molecule has 2 N–H and O–H groups in total. The van der Waals surface area contributed by atoms with Crippen LogP contribution in [0.5, 0.6) is 0 Å². The molecule has 0 bridgehead atoms. The molecule has 268 valence electrons. The number of likely N-dealkylation sites (tertiary alicyclic amines) is 1. The van der Waals surface area contributed by atoms with E-state index in [9.17, 15) is 23.1 Å². The Morgan fingerprint density at radius 1 is 0.878 bits per heavy atom. The van der Waals surface area contributed by atoms with E-state index in [1.54, 1.807) is 6.07 Å². The van der Waals surface area contributed by atoms with E-state index in [-0.39, 0.29) is 12.2 Å². The summed E-state index contributed by atoms with van der Waals surface area (Å²) in [6.45, 7) is 11.8. The molecular weight excluding hydrogens is 633 g/mol. The van der Waals surface area contributed by atoms with Gasteiger partial charge < -0.3 is 10.4 Å². The zero-order valence-electron chi connectivity index (χ0n) is 30.5. The summed E-state index contributed by atoms with van der Waals surface area (Å²) in [5, 5.41) is 12.3. The topological polar surface area (TPSA) is 104 Å². The highest BCUT2D eigenvalue weighted by Crippen LogP contribution is 2.33. The van der Waals surface area contributed by atoms with Crippen LogP contribution in [0.3, 0.4) is 0 Å². The molecule has 49 heavy (non-hydrogen) atoms. The number of aryl methyl sites for hydroxylation is 1. The Morgan fingerprint density at radius 2 is 1.55 bits per heavy atom. The van der Waals surface area contributed by atoms with Gasteiger partial charge in [0.2, 0.25) is 0 Å². The van der Waals surface area contributed by atoms with Crippen molar-refractivity contribution < 1.29 is 23.1 Å². The van der Waals surface area contributed by atoms with E-state index in [0.717, 1.165) is 66.7 Å². The Morgan fingerprint density at radius 3 is 2.14 bits per heavy atom. The molecule has 4 rings (SSSR count). The van der Waals surface area contributed by atoms with E-state index in [1.165, 1.54) is 31.2 Å². The number of benzene rings is 3. The Kier molecular flexibility index (Phi) is 16.0. The van der Waals surface area contributed by atoms with Crippen molar-refractivity contribution in [1.82, 2.24) is 10.2 Å². The molecule has 3 unspecified atom stereocenters. The highest BCUT2D eigenvalue weighted by atomic mass is 32.2. The minimum atomic E-state index is -3.38. The molecule has 0 radical (unpaired) electrons. The number of rotatable bonds is 16. The summed E-state index contributed by atoms with van der Waals surface area (Å²) in [4.78, 5) is 28.0. The van der Waals surface area contributed by atoms with E-state index < -0.39 is 27.8 Å². The van der Waals surface area contributed by atoms with Crippen molar-refractivity contribution in [1.29, 1.82) is 0 Å². The third-order valence-corrected chi connectivity index (χ3v) is 10.7. The fraction of sp³-hybridized carbons (Fsp3) is 0.512. The number of carbonyl (C=O) groups excluding carboxylic acids is 1. The van der Waals surface area contributed by atoms with Crippen LogP contribution in [0.1, 0.15) is 106 Å². The number of carbonyl (C=O) groups is 2. The number of carboxylic acids is 1. The van der Waals surface area contributed by atoms with Gasteiger partial charge in [-0.2, -0.15) is 0 Å².